The van der Waals surface area contributed by atoms with Crippen molar-refractivity contribution < 1.29 is 0 Å². The van der Waals surface area contributed by atoms with Gasteiger partial charge in [-0.05, 0) is 32.3 Å². The average molecular weight is 289 g/mol. The van der Waals surface area contributed by atoms with Crippen LogP contribution in [-0.4, -0.2) is 15.8 Å². The SMILES string of the molecule is Cc1sc2nc(CCCCCl)nc(Cl)c2c1C. The van der Waals surface area contributed by atoms with E-state index in [1.165, 1.54) is 10.4 Å². The molecule has 2 aromatic heterocycles. The molecule has 0 unspecified atom stereocenters. The van der Waals surface area contributed by atoms with Gasteiger partial charge in [0.05, 0.1) is 5.39 Å². The Balaban J connectivity index is 2.35. The lowest BCUT2D eigenvalue weighted by atomic mass is 10.2. The first-order valence-corrected chi connectivity index (χ1v) is 7.34. The van der Waals surface area contributed by atoms with E-state index in [-0.39, 0.29) is 0 Å². The lowest BCUT2D eigenvalue weighted by molar-refractivity contribution is 0.761. The van der Waals surface area contributed by atoms with E-state index in [1.54, 1.807) is 11.3 Å². The number of rotatable bonds is 4. The van der Waals surface area contributed by atoms with Crippen LogP contribution in [0, 0.1) is 13.8 Å². The van der Waals surface area contributed by atoms with Crippen LogP contribution in [-0.2, 0) is 6.42 Å². The standard InChI is InChI=1S/C12H14Cl2N2S/c1-7-8(2)17-12-10(7)11(14)15-9(16-12)5-3-4-6-13/h3-6H2,1-2H3. The predicted molar refractivity (Wildman–Crippen MR) is 75.6 cm³/mol. The molecule has 5 heteroatoms. The summed E-state index contributed by atoms with van der Waals surface area (Å²) >= 11 is 13.6. The number of hydrogen-bond acceptors (Lipinski definition) is 3. The molecule has 0 fully saturated rings. The number of nitrogens with zero attached hydrogens (tertiary/aromatic N) is 2. The molecule has 0 aromatic carbocycles. The quantitative estimate of drug-likeness (QED) is 0.469. The lowest BCUT2D eigenvalue weighted by Crippen LogP contribution is -1.96. The molecule has 2 heterocycles. The van der Waals surface area contributed by atoms with Crippen LogP contribution in [0.2, 0.25) is 5.15 Å². The Morgan fingerprint density at radius 2 is 1.94 bits per heavy atom. The Morgan fingerprint density at radius 3 is 2.65 bits per heavy atom. The van der Waals surface area contributed by atoms with Crippen molar-refractivity contribution in [3.05, 3.63) is 21.4 Å². The molecule has 0 aliphatic carbocycles. The molecule has 0 saturated carbocycles. The van der Waals surface area contributed by atoms with E-state index >= 15 is 0 Å². The third-order valence-electron chi connectivity index (χ3n) is 2.81. The van der Waals surface area contributed by atoms with Gasteiger partial charge in [0, 0.05) is 17.2 Å². The van der Waals surface area contributed by atoms with Crippen LogP contribution in [0.5, 0.6) is 0 Å². The van der Waals surface area contributed by atoms with Crippen LogP contribution in [0.25, 0.3) is 10.2 Å². The molecule has 0 aliphatic heterocycles. The monoisotopic (exact) mass is 288 g/mol. The summed E-state index contributed by atoms with van der Waals surface area (Å²) in [5, 5.41) is 1.59. The summed E-state index contributed by atoms with van der Waals surface area (Å²) in [4.78, 5) is 11.2. The van der Waals surface area contributed by atoms with Gasteiger partial charge in [0.1, 0.15) is 15.8 Å². The van der Waals surface area contributed by atoms with E-state index in [9.17, 15) is 0 Å². The zero-order chi connectivity index (χ0) is 12.4. The molecule has 0 saturated heterocycles. The van der Waals surface area contributed by atoms with Gasteiger partial charge in [-0.3, -0.25) is 0 Å². The number of hydrogen-bond donors (Lipinski definition) is 0. The van der Waals surface area contributed by atoms with Crippen LogP contribution in [0.4, 0.5) is 0 Å². The number of fused-ring (bicyclic) bond motifs is 1. The number of halogens is 2. The maximum atomic E-state index is 6.22. The Labute approximate surface area is 115 Å². The molecule has 0 N–H and O–H groups in total. The fourth-order valence-corrected chi connectivity index (χ4v) is 3.35. The van der Waals surface area contributed by atoms with Crippen molar-refractivity contribution in [2.45, 2.75) is 33.1 Å². The molecule has 2 rings (SSSR count). The van der Waals surface area contributed by atoms with Gasteiger partial charge in [-0.2, -0.15) is 0 Å². The van der Waals surface area contributed by atoms with E-state index in [0.717, 1.165) is 35.3 Å². The van der Waals surface area contributed by atoms with E-state index in [4.69, 9.17) is 23.2 Å². The number of unbranched alkanes of at least 4 members (excludes halogenated alkanes) is 1. The zero-order valence-electron chi connectivity index (χ0n) is 9.89. The maximum absolute atomic E-state index is 6.22. The zero-order valence-corrected chi connectivity index (χ0v) is 12.2. The fraction of sp³-hybridized carbons (Fsp3) is 0.500. The third-order valence-corrected chi connectivity index (χ3v) is 4.46. The van der Waals surface area contributed by atoms with Crippen LogP contribution in [0.15, 0.2) is 0 Å². The minimum atomic E-state index is 0.581. The second kappa shape index (κ2) is 5.51. The Bertz CT molecular complexity index is 537. The summed E-state index contributed by atoms with van der Waals surface area (Å²) < 4.78 is 0. The topological polar surface area (TPSA) is 25.8 Å². The number of aromatic nitrogens is 2. The fourth-order valence-electron chi connectivity index (χ4n) is 1.73. The van der Waals surface area contributed by atoms with Crippen LogP contribution in [0.3, 0.4) is 0 Å². The molecule has 0 radical (unpaired) electrons. The van der Waals surface area contributed by atoms with Gasteiger partial charge < -0.3 is 0 Å². The summed E-state index contributed by atoms with van der Waals surface area (Å²) in [6.45, 7) is 4.15. The summed E-state index contributed by atoms with van der Waals surface area (Å²) in [5.41, 5.74) is 1.20. The molecule has 0 aliphatic rings. The molecular weight excluding hydrogens is 275 g/mol. The molecule has 0 atom stereocenters. The smallest absolute Gasteiger partial charge is 0.141 e. The van der Waals surface area contributed by atoms with E-state index in [1.807, 2.05) is 0 Å². The van der Waals surface area contributed by atoms with Crippen LogP contribution >= 0.6 is 34.5 Å². The number of alkyl halides is 1. The normalized spacial score (nSPS) is 11.3. The van der Waals surface area contributed by atoms with Gasteiger partial charge in [-0.25, -0.2) is 9.97 Å². The third kappa shape index (κ3) is 2.72. The van der Waals surface area contributed by atoms with Crippen LogP contribution in [0.1, 0.15) is 29.1 Å². The summed E-state index contributed by atoms with van der Waals surface area (Å²) in [5.74, 6) is 1.52. The van der Waals surface area contributed by atoms with Gasteiger partial charge in [0.2, 0.25) is 0 Å². The van der Waals surface area contributed by atoms with Gasteiger partial charge in [0.25, 0.3) is 0 Å². The molecule has 92 valence electrons. The lowest BCUT2D eigenvalue weighted by Gasteiger charge is -2.01. The summed E-state index contributed by atoms with van der Waals surface area (Å²) in [7, 11) is 0. The van der Waals surface area contributed by atoms with Crippen molar-refractivity contribution in [2.75, 3.05) is 5.88 Å². The van der Waals surface area contributed by atoms with E-state index < -0.39 is 0 Å². The second-order valence-electron chi connectivity index (χ2n) is 4.04. The van der Waals surface area contributed by atoms with Crippen molar-refractivity contribution in [1.82, 2.24) is 9.97 Å². The van der Waals surface area contributed by atoms with Crippen molar-refractivity contribution >= 4 is 44.8 Å². The highest BCUT2D eigenvalue weighted by Crippen LogP contribution is 2.32. The predicted octanol–water partition coefficient (Wildman–Crippen LogP) is 4.52. The van der Waals surface area contributed by atoms with Crippen LogP contribution < -0.4 is 0 Å². The minimum absolute atomic E-state index is 0.581. The average Bonchev–Trinajstić information content (AvgIpc) is 2.55. The molecule has 17 heavy (non-hydrogen) atoms. The highest BCUT2D eigenvalue weighted by atomic mass is 35.5. The molecule has 0 bridgehead atoms. The second-order valence-corrected chi connectivity index (χ2v) is 5.98. The highest BCUT2D eigenvalue weighted by molar-refractivity contribution is 7.18. The van der Waals surface area contributed by atoms with Gasteiger partial charge in [-0.1, -0.05) is 11.6 Å². The van der Waals surface area contributed by atoms with Crippen molar-refractivity contribution in [1.29, 1.82) is 0 Å². The van der Waals surface area contributed by atoms with Crippen molar-refractivity contribution in [3.63, 3.8) is 0 Å². The molecule has 2 aromatic rings. The Morgan fingerprint density at radius 1 is 1.18 bits per heavy atom. The Hall–Kier alpha value is -0.380. The van der Waals surface area contributed by atoms with E-state index in [2.05, 4.69) is 23.8 Å². The molecule has 0 spiro atoms. The highest BCUT2D eigenvalue weighted by Gasteiger charge is 2.12. The number of aryl methyl sites for hydroxylation is 3. The molecular formula is C12H14Cl2N2S. The molecule has 0 amide bonds. The van der Waals surface area contributed by atoms with Gasteiger partial charge in [0.15, 0.2) is 0 Å². The van der Waals surface area contributed by atoms with Gasteiger partial charge >= 0.3 is 0 Å². The molecule has 2 nitrogen and oxygen atoms in total. The van der Waals surface area contributed by atoms with Crippen molar-refractivity contribution in [2.24, 2.45) is 0 Å². The first kappa shape index (κ1) is 13.1. The largest absolute Gasteiger partial charge is 0.222 e. The van der Waals surface area contributed by atoms with Gasteiger partial charge in [-0.15, -0.1) is 22.9 Å². The first-order valence-electron chi connectivity index (χ1n) is 5.61. The summed E-state index contributed by atoms with van der Waals surface area (Å²) in [6, 6.07) is 0. The van der Waals surface area contributed by atoms with E-state index in [0.29, 0.717) is 11.0 Å². The first-order chi connectivity index (χ1) is 8.13. The number of thiophene rings is 1. The minimum Gasteiger partial charge on any atom is -0.222 e. The summed E-state index contributed by atoms with van der Waals surface area (Å²) in [6.07, 6.45) is 2.84. The van der Waals surface area contributed by atoms with Crippen molar-refractivity contribution in [3.8, 4) is 0 Å². The maximum Gasteiger partial charge on any atom is 0.141 e. The Kier molecular flexibility index (Phi) is 4.23.